The van der Waals surface area contributed by atoms with Gasteiger partial charge in [-0.15, -0.1) is 34.0 Å². The van der Waals surface area contributed by atoms with Crippen LogP contribution in [-0.2, 0) is 0 Å². The first-order chi connectivity index (χ1) is 30.1. The summed E-state index contributed by atoms with van der Waals surface area (Å²) in [5, 5.41) is 5.51. The van der Waals surface area contributed by atoms with Crippen molar-refractivity contribution in [1.82, 2.24) is 0 Å². The molecule has 0 saturated carbocycles. The molecule has 0 bridgehead atoms. The van der Waals surface area contributed by atoms with E-state index in [9.17, 15) is 38.4 Å². The fraction of sp³-hybridized carbons (Fsp3) is 0.0833. The van der Waals surface area contributed by atoms with E-state index >= 15 is 0 Å². The van der Waals surface area contributed by atoms with Crippen LogP contribution in [0.3, 0.4) is 0 Å². The van der Waals surface area contributed by atoms with Crippen molar-refractivity contribution in [1.29, 1.82) is 0 Å². The molecule has 0 aliphatic heterocycles. The zero-order valence-electron chi connectivity index (χ0n) is 32.7. The summed E-state index contributed by atoms with van der Waals surface area (Å²) in [6, 6.07) is 37.7. The number of thiophene rings is 3. The summed E-state index contributed by atoms with van der Waals surface area (Å²) < 4.78 is 14.7. The van der Waals surface area contributed by atoms with Crippen molar-refractivity contribution < 1.29 is 51.6 Å². The Morgan fingerprint density at radius 1 is 0.306 bits per heavy atom. The van der Waals surface area contributed by atoms with E-state index in [-0.39, 0.29) is 89.2 Å². The van der Waals surface area contributed by atoms with Crippen LogP contribution < -0.4 is 0 Å². The number of carbonyl (C=O) groups excluding carboxylic acids is 8. The predicted molar refractivity (Wildman–Crippen MR) is 235 cm³/mol. The van der Waals surface area contributed by atoms with Gasteiger partial charge in [0, 0.05) is 11.1 Å². The number of Topliss-reactive ketones (excluding diaryl/α,β-unsaturated/α-hetero) is 8. The summed E-state index contributed by atoms with van der Waals surface area (Å²) in [5.74, 6) is -0.993. The van der Waals surface area contributed by atoms with Crippen molar-refractivity contribution in [2.75, 3.05) is 0 Å². The van der Waals surface area contributed by atoms with Crippen molar-refractivity contribution >= 4 is 80.3 Å². The molecule has 0 atom stereocenters. The van der Waals surface area contributed by atoms with E-state index in [1.165, 1.54) is 64.9 Å². The molecule has 6 heterocycles. The molecule has 2 aromatic carbocycles. The van der Waals surface area contributed by atoms with Crippen LogP contribution in [0.15, 0.2) is 182 Å². The van der Waals surface area contributed by atoms with E-state index in [4.69, 9.17) is 13.3 Å². The minimum Gasteiger partial charge on any atom is -0.461 e. The average Bonchev–Trinajstić information content (AvgIpc) is 4.15. The molecule has 11 nitrogen and oxygen atoms in total. The Balaban J connectivity index is 0.000000156. The number of hydrogen-bond acceptors (Lipinski definition) is 14. The van der Waals surface area contributed by atoms with E-state index in [1.807, 2.05) is 46.5 Å². The van der Waals surface area contributed by atoms with E-state index in [1.54, 1.807) is 91.0 Å². The lowest BCUT2D eigenvalue weighted by Gasteiger charge is -1.98. The lowest BCUT2D eigenvalue weighted by Crippen LogP contribution is -2.07. The topological polar surface area (TPSA) is 176 Å². The van der Waals surface area contributed by atoms with Crippen LogP contribution in [0.2, 0.25) is 0 Å². The second-order valence-corrected chi connectivity index (χ2v) is 15.5. The zero-order chi connectivity index (χ0) is 44.1. The minimum atomic E-state index is -0.346. The standard InChI is InChI=1S/C13H10O3.C13H10O2S.C11H8O4.C11H8O2S2/c2*14-11(10-5-2-1-3-6-10)9-12(15)13-7-4-8-16-13;2*12-8(10-3-1-5-14-10)7-9(13)11-4-2-6-15-11/h2*1-8H,9H2;2*1-6H,7H2. The van der Waals surface area contributed by atoms with Crippen LogP contribution in [0, 0.1) is 0 Å². The fourth-order valence-corrected chi connectivity index (χ4v) is 7.18. The van der Waals surface area contributed by atoms with Gasteiger partial charge in [0.1, 0.15) is 0 Å². The van der Waals surface area contributed by atoms with Crippen LogP contribution >= 0.6 is 34.0 Å². The van der Waals surface area contributed by atoms with Crippen LogP contribution in [0.25, 0.3) is 0 Å². The average molecular weight is 885 g/mol. The van der Waals surface area contributed by atoms with E-state index in [2.05, 4.69) is 0 Å². The molecule has 0 aliphatic carbocycles. The molecule has 8 aromatic rings. The van der Waals surface area contributed by atoms with E-state index in [0.717, 1.165) is 0 Å². The van der Waals surface area contributed by atoms with Gasteiger partial charge in [-0.1, -0.05) is 78.9 Å². The third-order valence-corrected chi connectivity index (χ3v) is 11.0. The molecule has 0 unspecified atom stereocenters. The van der Waals surface area contributed by atoms with Gasteiger partial charge >= 0.3 is 0 Å². The van der Waals surface area contributed by atoms with Crippen LogP contribution in [0.4, 0.5) is 0 Å². The first-order valence-corrected chi connectivity index (χ1v) is 21.3. The molecule has 0 N–H and O–H groups in total. The van der Waals surface area contributed by atoms with Gasteiger partial charge in [-0.25, -0.2) is 0 Å². The highest BCUT2D eigenvalue weighted by Gasteiger charge is 2.18. The van der Waals surface area contributed by atoms with E-state index in [0.29, 0.717) is 25.8 Å². The normalized spacial score (nSPS) is 10.1. The summed E-state index contributed by atoms with van der Waals surface area (Å²) in [5.41, 5.74) is 1.13. The molecule has 312 valence electrons. The first-order valence-electron chi connectivity index (χ1n) is 18.7. The van der Waals surface area contributed by atoms with Crippen molar-refractivity contribution in [3.05, 3.63) is 211 Å². The number of ketones is 8. The smallest absolute Gasteiger partial charge is 0.205 e. The maximum absolute atomic E-state index is 11.7. The fourth-order valence-electron chi connectivity index (χ4n) is 5.18. The highest BCUT2D eigenvalue weighted by molar-refractivity contribution is 7.13. The van der Waals surface area contributed by atoms with Crippen molar-refractivity contribution in [2.24, 2.45) is 0 Å². The molecule has 0 amide bonds. The van der Waals surface area contributed by atoms with Crippen LogP contribution in [0.1, 0.15) is 107 Å². The lowest BCUT2D eigenvalue weighted by molar-refractivity contribution is 0.0853. The van der Waals surface area contributed by atoms with Crippen molar-refractivity contribution in [3.8, 4) is 0 Å². The Bertz CT molecular complexity index is 2350. The molecule has 62 heavy (non-hydrogen) atoms. The highest BCUT2D eigenvalue weighted by Crippen LogP contribution is 2.17. The highest BCUT2D eigenvalue weighted by atomic mass is 32.1. The monoisotopic (exact) mass is 884 g/mol. The van der Waals surface area contributed by atoms with Crippen molar-refractivity contribution in [2.45, 2.75) is 25.7 Å². The summed E-state index contributed by atoms with van der Waals surface area (Å²) in [6.07, 6.45) is 3.74. The minimum absolute atomic E-state index is 0.0268. The molecule has 14 heteroatoms. The summed E-state index contributed by atoms with van der Waals surface area (Å²) >= 11 is 4.11. The van der Waals surface area contributed by atoms with Gasteiger partial charge in [0.2, 0.25) is 17.3 Å². The quantitative estimate of drug-likeness (QED) is 0.0666. The van der Waals surface area contributed by atoms with Crippen molar-refractivity contribution in [3.63, 3.8) is 0 Å². The van der Waals surface area contributed by atoms with Gasteiger partial charge in [-0.05, 0) is 70.7 Å². The number of carbonyl (C=O) groups is 8. The summed E-state index contributed by atoms with van der Waals surface area (Å²) in [4.78, 5) is 94.7. The molecular formula is C48H36O11S3. The molecule has 0 saturated heterocycles. The molecule has 0 fully saturated rings. The summed E-state index contributed by atoms with van der Waals surface area (Å²) in [6.45, 7) is 0. The Labute approximate surface area is 367 Å². The second kappa shape index (κ2) is 24.1. The maximum Gasteiger partial charge on any atom is 0.205 e. The Kier molecular flexibility index (Phi) is 17.8. The number of hydrogen-bond donors (Lipinski definition) is 0. The Hall–Kier alpha value is -7.26. The Morgan fingerprint density at radius 3 is 0.871 bits per heavy atom. The largest absolute Gasteiger partial charge is 0.461 e. The van der Waals surface area contributed by atoms with Gasteiger partial charge in [0.05, 0.1) is 59.1 Å². The zero-order valence-corrected chi connectivity index (χ0v) is 35.2. The molecule has 0 aliphatic rings. The van der Waals surface area contributed by atoms with Gasteiger partial charge in [0.25, 0.3) is 0 Å². The molecule has 6 aromatic heterocycles. The van der Waals surface area contributed by atoms with Crippen LogP contribution in [0.5, 0.6) is 0 Å². The number of furan rings is 3. The first kappa shape index (κ1) is 45.8. The molecule has 0 spiro atoms. The molecular weight excluding hydrogens is 849 g/mol. The predicted octanol–water partition coefficient (Wildman–Crippen LogP) is 11.5. The molecule has 0 radical (unpaired) electrons. The van der Waals surface area contributed by atoms with Gasteiger partial charge in [0.15, 0.2) is 46.2 Å². The van der Waals surface area contributed by atoms with E-state index < -0.39 is 0 Å². The SMILES string of the molecule is O=C(CC(=O)c1ccco1)c1ccccc1.O=C(CC(=O)c1ccco1)c1ccco1.O=C(CC(=O)c1cccs1)c1ccccc1.O=C(CC(=O)c1cccs1)c1cccs1. The third-order valence-electron chi connectivity index (χ3n) is 8.25. The molecule has 8 rings (SSSR count). The number of benzene rings is 2. The number of rotatable bonds is 16. The summed E-state index contributed by atoms with van der Waals surface area (Å²) in [7, 11) is 0. The Morgan fingerprint density at radius 2 is 0.597 bits per heavy atom. The van der Waals surface area contributed by atoms with Gasteiger partial charge < -0.3 is 13.3 Å². The van der Waals surface area contributed by atoms with Gasteiger partial charge in [-0.3, -0.25) is 38.4 Å². The second-order valence-electron chi connectivity index (χ2n) is 12.7. The van der Waals surface area contributed by atoms with Gasteiger partial charge in [-0.2, -0.15) is 0 Å². The lowest BCUT2D eigenvalue weighted by atomic mass is 10.1. The third kappa shape index (κ3) is 14.5. The maximum atomic E-state index is 11.7. The van der Waals surface area contributed by atoms with Crippen LogP contribution in [-0.4, -0.2) is 46.3 Å².